The number of fused-ring (bicyclic) bond motifs is 4. The van der Waals surface area contributed by atoms with E-state index >= 15 is 0 Å². The Morgan fingerprint density at radius 1 is 0.587 bits per heavy atom. The van der Waals surface area contributed by atoms with E-state index in [1.165, 1.54) is 54.2 Å². The Labute approximate surface area is 268 Å². The average Bonchev–Trinajstić information content (AvgIpc) is 3.50. The van der Waals surface area contributed by atoms with Crippen LogP contribution < -0.4 is 10.4 Å². The van der Waals surface area contributed by atoms with Gasteiger partial charge in [-0.25, -0.2) is 4.98 Å². The third-order valence-electron chi connectivity index (χ3n) is 9.58. The second-order valence-electron chi connectivity index (χ2n) is 12.4. The van der Waals surface area contributed by atoms with Crippen molar-refractivity contribution in [2.24, 2.45) is 0 Å². The van der Waals surface area contributed by atoms with Crippen LogP contribution in [0.5, 0.6) is 0 Å². The Morgan fingerprint density at radius 3 is 1.93 bits per heavy atom. The van der Waals surface area contributed by atoms with Gasteiger partial charge in [0.2, 0.25) is 0 Å². The fourth-order valence-corrected chi connectivity index (χ4v) is 7.36. The van der Waals surface area contributed by atoms with Crippen LogP contribution in [-0.2, 0) is 0 Å². The molecule has 0 radical (unpaired) electrons. The molecule has 2 heteroatoms. The van der Waals surface area contributed by atoms with Gasteiger partial charge in [0.05, 0.1) is 11.0 Å². The molecule has 0 saturated carbocycles. The number of hydrogen-bond acceptors (Lipinski definition) is 1. The van der Waals surface area contributed by atoms with Crippen molar-refractivity contribution >= 4 is 44.7 Å². The summed E-state index contributed by atoms with van der Waals surface area (Å²) in [6.45, 7) is 2.15. The number of hydrogen-bond donors (Lipinski definition) is 0. The Morgan fingerprint density at radius 2 is 1.22 bits per heavy atom. The summed E-state index contributed by atoms with van der Waals surface area (Å²) in [6.07, 6.45) is 5.87. The molecule has 1 aliphatic carbocycles. The van der Waals surface area contributed by atoms with Crippen LogP contribution in [0, 0.1) is 6.92 Å². The topological polar surface area (TPSA) is 17.8 Å². The van der Waals surface area contributed by atoms with Gasteiger partial charge in [-0.1, -0.05) is 133 Å². The molecule has 0 bridgehead atoms. The van der Waals surface area contributed by atoms with Crippen LogP contribution >= 0.6 is 0 Å². The maximum atomic E-state index is 5.31. The fourth-order valence-electron chi connectivity index (χ4n) is 7.36. The smallest absolute Gasteiger partial charge is 0.146 e. The number of imidazole rings is 1. The lowest BCUT2D eigenvalue weighted by Gasteiger charge is -2.19. The van der Waals surface area contributed by atoms with Gasteiger partial charge in [0.15, 0.2) is 0 Å². The number of aromatic nitrogens is 2. The van der Waals surface area contributed by atoms with E-state index in [1.54, 1.807) is 0 Å². The molecule has 1 atom stereocenters. The van der Waals surface area contributed by atoms with Crippen molar-refractivity contribution in [2.75, 3.05) is 0 Å². The van der Waals surface area contributed by atoms with Gasteiger partial charge in [-0.15, -0.1) is 0 Å². The quantitative estimate of drug-likeness (QED) is 0.187. The van der Waals surface area contributed by atoms with E-state index < -0.39 is 0 Å². The molecular weight excluding hydrogens is 556 g/mol. The van der Waals surface area contributed by atoms with Crippen molar-refractivity contribution in [3.05, 3.63) is 167 Å². The zero-order chi connectivity index (χ0) is 30.6. The summed E-state index contributed by atoms with van der Waals surface area (Å²) in [5, 5.41) is 7.50. The van der Waals surface area contributed by atoms with Crippen LogP contribution in [0.15, 0.2) is 146 Å². The molecule has 0 amide bonds. The number of rotatable bonds is 4. The summed E-state index contributed by atoms with van der Waals surface area (Å²) >= 11 is 0. The normalized spacial score (nSPS) is 14.2. The molecule has 0 spiro atoms. The first kappa shape index (κ1) is 26.7. The zero-order valence-corrected chi connectivity index (χ0v) is 25.7. The molecule has 9 rings (SSSR count). The standard InChI is InChI=1S/C44H32N2/c1-29-19-21-30(22-20-29)31-23-24-33-28-34(26-25-32(33)27-31)42-36-13-5-7-15-38(36)43(39-16-8-6-14-37(39)42)44-45-40-17-9-10-18-41(40)46(44)35-11-3-2-4-12-35/h2-22,24-28,31H,23H2,1H3. The molecule has 0 fully saturated rings. The minimum atomic E-state index is 0.406. The summed E-state index contributed by atoms with van der Waals surface area (Å²) < 4.78 is 2.32. The highest BCUT2D eigenvalue weighted by Crippen LogP contribution is 2.44. The Kier molecular flexibility index (Phi) is 6.21. The summed E-state index contributed by atoms with van der Waals surface area (Å²) in [4.78, 5) is 5.31. The molecule has 0 saturated heterocycles. The number of nitrogens with zero attached hydrogens (tertiary/aromatic N) is 2. The lowest BCUT2D eigenvalue weighted by molar-refractivity contribution is 0.920. The van der Waals surface area contributed by atoms with Crippen molar-refractivity contribution in [2.45, 2.75) is 19.3 Å². The molecule has 7 aromatic carbocycles. The molecule has 2 nitrogen and oxygen atoms in total. The Bertz CT molecular complexity index is 2500. The molecule has 1 heterocycles. The minimum Gasteiger partial charge on any atom is -0.292 e. The maximum absolute atomic E-state index is 5.31. The highest BCUT2D eigenvalue weighted by Gasteiger charge is 2.22. The van der Waals surface area contributed by atoms with E-state index in [-0.39, 0.29) is 0 Å². The summed E-state index contributed by atoms with van der Waals surface area (Å²) in [7, 11) is 0. The maximum Gasteiger partial charge on any atom is 0.146 e. The Hall–Kier alpha value is -5.73. The van der Waals surface area contributed by atoms with E-state index in [2.05, 4.69) is 169 Å². The van der Waals surface area contributed by atoms with Crippen molar-refractivity contribution < 1.29 is 0 Å². The second kappa shape index (κ2) is 10.7. The van der Waals surface area contributed by atoms with E-state index in [0.29, 0.717) is 5.92 Å². The van der Waals surface area contributed by atoms with Crippen molar-refractivity contribution in [3.8, 4) is 28.2 Å². The molecule has 1 unspecified atom stereocenters. The number of aryl methyl sites for hydroxylation is 1. The van der Waals surface area contributed by atoms with Gasteiger partial charge < -0.3 is 0 Å². The first-order chi connectivity index (χ1) is 22.7. The van der Waals surface area contributed by atoms with E-state index in [9.17, 15) is 0 Å². The number of para-hydroxylation sites is 3. The van der Waals surface area contributed by atoms with Gasteiger partial charge in [-0.05, 0) is 92.3 Å². The highest BCUT2D eigenvalue weighted by atomic mass is 15.1. The fraction of sp³-hybridized carbons (Fsp3) is 0.0682. The average molecular weight is 589 g/mol. The van der Waals surface area contributed by atoms with Crippen molar-refractivity contribution in [1.29, 1.82) is 0 Å². The molecule has 46 heavy (non-hydrogen) atoms. The predicted octanol–water partition coefficient (Wildman–Crippen LogP) is 9.72. The highest BCUT2D eigenvalue weighted by molar-refractivity contribution is 6.21. The Balaban J connectivity index is 1.29. The van der Waals surface area contributed by atoms with Gasteiger partial charge in [0.1, 0.15) is 5.82 Å². The molecule has 8 aromatic rings. The molecule has 218 valence electrons. The third-order valence-corrected chi connectivity index (χ3v) is 9.58. The number of benzene rings is 7. The van der Waals surface area contributed by atoms with E-state index in [4.69, 9.17) is 4.98 Å². The van der Waals surface area contributed by atoms with Gasteiger partial charge in [0.25, 0.3) is 0 Å². The molecule has 0 aliphatic heterocycles. The lowest BCUT2D eigenvalue weighted by Crippen LogP contribution is -2.28. The van der Waals surface area contributed by atoms with Crippen LogP contribution in [0.2, 0.25) is 0 Å². The van der Waals surface area contributed by atoms with Gasteiger partial charge in [-0.2, -0.15) is 0 Å². The first-order valence-corrected chi connectivity index (χ1v) is 16.1. The summed E-state index contributed by atoms with van der Waals surface area (Å²) in [6, 6.07) is 52.8. The third kappa shape index (κ3) is 4.29. The largest absolute Gasteiger partial charge is 0.292 e. The van der Waals surface area contributed by atoms with E-state index in [1.807, 2.05) is 0 Å². The zero-order valence-electron chi connectivity index (χ0n) is 25.7. The molecular formula is C44H32N2. The summed E-state index contributed by atoms with van der Waals surface area (Å²) in [5.74, 6) is 1.37. The van der Waals surface area contributed by atoms with Crippen LogP contribution in [0.3, 0.4) is 0 Å². The van der Waals surface area contributed by atoms with Crippen LogP contribution in [-0.4, -0.2) is 9.55 Å². The monoisotopic (exact) mass is 588 g/mol. The van der Waals surface area contributed by atoms with Crippen LogP contribution in [0.25, 0.3) is 72.9 Å². The summed E-state index contributed by atoms with van der Waals surface area (Å²) in [5.41, 5.74) is 9.56. The minimum absolute atomic E-state index is 0.406. The molecule has 0 N–H and O–H groups in total. The van der Waals surface area contributed by atoms with Crippen molar-refractivity contribution in [1.82, 2.24) is 9.55 Å². The second-order valence-corrected chi connectivity index (χ2v) is 12.4. The van der Waals surface area contributed by atoms with Crippen LogP contribution in [0.1, 0.15) is 23.5 Å². The van der Waals surface area contributed by atoms with Gasteiger partial charge >= 0.3 is 0 Å². The molecule has 1 aliphatic rings. The van der Waals surface area contributed by atoms with Crippen LogP contribution in [0.4, 0.5) is 0 Å². The van der Waals surface area contributed by atoms with Crippen molar-refractivity contribution in [3.63, 3.8) is 0 Å². The van der Waals surface area contributed by atoms with E-state index in [0.717, 1.165) is 34.5 Å². The first-order valence-electron chi connectivity index (χ1n) is 16.1. The van der Waals surface area contributed by atoms with Gasteiger partial charge in [0, 0.05) is 17.2 Å². The molecule has 1 aromatic heterocycles. The lowest BCUT2D eigenvalue weighted by atomic mass is 9.86. The van der Waals surface area contributed by atoms with Gasteiger partial charge in [-0.3, -0.25) is 4.57 Å². The predicted molar refractivity (Wildman–Crippen MR) is 194 cm³/mol. The SMILES string of the molecule is Cc1ccc(C2C=c3ccc(-c4c5ccccc5c(-c5nc6ccccc6n5-c5ccccc5)c5ccccc45)cc3=CC2)cc1.